The van der Waals surface area contributed by atoms with Crippen LogP contribution in [0.2, 0.25) is 0 Å². The fourth-order valence-electron chi connectivity index (χ4n) is 1.46. The molecule has 3 heteroatoms. The van der Waals surface area contributed by atoms with E-state index >= 15 is 0 Å². The van der Waals surface area contributed by atoms with Gasteiger partial charge in [-0.05, 0) is 24.0 Å². The van der Waals surface area contributed by atoms with Crippen LogP contribution in [0, 0.1) is 5.92 Å². The van der Waals surface area contributed by atoms with Crippen LogP contribution in [0.25, 0.3) is 0 Å². The highest BCUT2D eigenvalue weighted by molar-refractivity contribution is 5.11. The minimum Gasteiger partial charge on any atom is -0.324 e. The molecule has 0 aliphatic rings. The van der Waals surface area contributed by atoms with Gasteiger partial charge in [-0.2, -0.15) is 10.2 Å². The predicted molar refractivity (Wildman–Crippen MR) is 53.0 cm³/mol. The quantitative estimate of drug-likeness (QED) is 0.768. The van der Waals surface area contributed by atoms with Gasteiger partial charge in [0.2, 0.25) is 0 Å². The first kappa shape index (κ1) is 10.1. The van der Waals surface area contributed by atoms with E-state index in [0.717, 1.165) is 12.0 Å². The highest BCUT2D eigenvalue weighted by Crippen LogP contribution is 2.21. The molecular weight excluding hydrogens is 162 g/mol. The molecule has 2 atom stereocenters. The van der Waals surface area contributed by atoms with Crippen molar-refractivity contribution in [2.24, 2.45) is 11.7 Å². The fraction of sp³-hybridized carbons (Fsp3) is 0.600. The Hall–Kier alpha value is -0.960. The van der Waals surface area contributed by atoms with Gasteiger partial charge in [-0.3, -0.25) is 0 Å². The van der Waals surface area contributed by atoms with E-state index in [1.165, 1.54) is 6.42 Å². The lowest BCUT2D eigenvalue weighted by Crippen LogP contribution is -2.19. The van der Waals surface area contributed by atoms with E-state index in [9.17, 15) is 0 Å². The van der Waals surface area contributed by atoms with Gasteiger partial charge >= 0.3 is 0 Å². The topological polar surface area (TPSA) is 51.8 Å². The number of hydrogen-bond acceptors (Lipinski definition) is 3. The summed E-state index contributed by atoms with van der Waals surface area (Å²) in [7, 11) is 0. The monoisotopic (exact) mass is 179 g/mol. The first-order chi connectivity index (χ1) is 6.25. The largest absolute Gasteiger partial charge is 0.324 e. The predicted octanol–water partition coefficient (Wildman–Crippen LogP) is 1.91. The van der Waals surface area contributed by atoms with Crippen LogP contribution in [0.1, 0.15) is 38.3 Å². The number of aromatic nitrogens is 2. The maximum atomic E-state index is 6.06. The molecule has 13 heavy (non-hydrogen) atoms. The van der Waals surface area contributed by atoms with Crippen molar-refractivity contribution < 1.29 is 0 Å². The molecule has 0 aliphatic carbocycles. The van der Waals surface area contributed by atoms with Crippen LogP contribution >= 0.6 is 0 Å². The fourth-order valence-corrected chi connectivity index (χ4v) is 1.46. The van der Waals surface area contributed by atoms with E-state index in [4.69, 9.17) is 5.73 Å². The Bertz CT molecular complexity index is 235. The van der Waals surface area contributed by atoms with E-state index in [2.05, 4.69) is 24.0 Å². The molecular formula is C10H17N3. The third kappa shape index (κ3) is 2.77. The molecule has 0 bridgehead atoms. The second kappa shape index (κ2) is 4.92. The second-order valence-electron chi connectivity index (χ2n) is 3.47. The minimum absolute atomic E-state index is 0.0930. The Balaban J connectivity index is 2.62. The maximum absolute atomic E-state index is 6.06. The Labute approximate surface area is 79.4 Å². The summed E-state index contributed by atoms with van der Waals surface area (Å²) >= 11 is 0. The third-order valence-corrected chi connectivity index (χ3v) is 2.35. The maximum Gasteiger partial charge on any atom is 0.0544 e. The molecule has 0 aliphatic heterocycles. The van der Waals surface area contributed by atoms with Crippen LogP contribution in [-0.2, 0) is 0 Å². The molecule has 2 unspecified atom stereocenters. The van der Waals surface area contributed by atoms with Crippen molar-refractivity contribution >= 4 is 0 Å². The molecule has 1 aromatic heterocycles. The van der Waals surface area contributed by atoms with E-state index in [0.29, 0.717) is 5.92 Å². The summed E-state index contributed by atoms with van der Waals surface area (Å²) in [6.45, 7) is 4.35. The van der Waals surface area contributed by atoms with E-state index in [1.807, 2.05) is 6.07 Å². The number of nitrogens with two attached hydrogens (primary N) is 1. The Kier molecular flexibility index (Phi) is 3.83. The normalized spacial score (nSPS) is 15.3. The van der Waals surface area contributed by atoms with Crippen molar-refractivity contribution in [3.05, 3.63) is 24.0 Å². The number of hydrogen-bond donors (Lipinski definition) is 1. The van der Waals surface area contributed by atoms with Gasteiger partial charge in [0.15, 0.2) is 0 Å². The SMILES string of the molecule is CCCC(C)C(N)c1ccnnc1. The molecule has 0 saturated heterocycles. The van der Waals surface area contributed by atoms with Gasteiger partial charge in [0.05, 0.1) is 6.20 Å². The van der Waals surface area contributed by atoms with Gasteiger partial charge in [0, 0.05) is 12.2 Å². The van der Waals surface area contributed by atoms with Crippen LogP contribution in [0.15, 0.2) is 18.5 Å². The van der Waals surface area contributed by atoms with Gasteiger partial charge in [0.1, 0.15) is 0 Å². The smallest absolute Gasteiger partial charge is 0.0544 e. The minimum atomic E-state index is 0.0930. The average Bonchev–Trinajstić information content (AvgIpc) is 2.18. The lowest BCUT2D eigenvalue weighted by molar-refractivity contribution is 0.432. The van der Waals surface area contributed by atoms with Gasteiger partial charge in [0.25, 0.3) is 0 Å². The van der Waals surface area contributed by atoms with Crippen LogP contribution in [0.4, 0.5) is 0 Å². The van der Waals surface area contributed by atoms with E-state index < -0.39 is 0 Å². The summed E-state index contributed by atoms with van der Waals surface area (Å²) in [6.07, 6.45) is 5.77. The molecule has 0 saturated carbocycles. The lowest BCUT2D eigenvalue weighted by atomic mass is 9.93. The van der Waals surface area contributed by atoms with Crippen LogP contribution < -0.4 is 5.73 Å². The first-order valence-corrected chi connectivity index (χ1v) is 4.78. The molecule has 0 amide bonds. The zero-order valence-electron chi connectivity index (χ0n) is 8.27. The zero-order chi connectivity index (χ0) is 9.68. The first-order valence-electron chi connectivity index (χ1n) is 4.78. The number of nitrogens with zero attached hydrogens (tertiary/aromatic N) is 2. The van der Waals surface area contributed by atoms with Crippen LogP contribution in [-0.4, -0.2) is 10.2 Å². The summed E-state index contributed by atoms with van der Waals surface area (Å²) in [5.74, 6) is 0.509. The highest BCUT2D eigenvalue weighted by atomic mass is 15.1. The Morgan fingerprint density at radius 2 is 2.23 bits per heavy atom. The molecule has 1 rings (SSSR count). The molecule has 1 heterocycles. The van der Waals surface area contributed by atoms with Crippen LogP contribution in [0.5, 0.6) is 0 Å². The lowest BCUT2D eigenvalue weighted by Gasteiger charge is -2.18. The van der Waals surface area contributed by atoms with Gasteiger partial charge in [-0.25, -0.2) is 0 Å². The van der Waals surface area contributed by atoms with Gasteiger partial charge in [-0.15, -0.1) is 0 Å². The third-order valence-electron chi connectivity index (χ3n) is 2.35. The van der Waals surface area contributed by atoms with Crippen molar-refractivity contribution in [3.8, 4) is 0 Å². The molecule has 0 spiro atoms. The molecule has 0 radical (unpaired) electrons. The number of rotatable bonds is 4. The summed E-state index contributed by atoms with van der Waals surface area (Å²) in [5, 5.41) is 7.55. The molecule has 1 aromatic rings. The Morgan fingerprint density at radius 3 is 2.77 bits per heavy atom. The zero-order valence-corrected chi connectivity index (χ0v) is 8.27. The van der Waals surface area contributed by atoms with Crippen molar-refractivity contribution in [1.82, 2.24) is 10.2 Å². The van der Waals surface area contributed by atoms with Crippen LogP contribution in [0.3, 0.4) is 0 Å². The van der Waals surface area contributed by atoms with Crippen molar-refractivity contribution in [2.75, 3.05) is 0 Å². The standard InChI is InChI=1S/C10H17N3/c1-3-4-8(2)10(11)9-5-6-12-13-7-9/h5-8,10H,3-4,11H2,1-2H3. The molecule has 0 aromatic carbocycles. The molecule has 3 nitrogen and oxygen atoms in total. The highest BCUT2D eigenvalue weighted by Gasteiger charge is 2.13. The second-order valence-corrected chi connectivity index (χ2v) is 3.47. The molecule has 0 fully saturated rings. The van der Waals surface area contributed by atoms with Gasteiger partial charge < -0.3 is 5.73 Å². The van der Waals surface area contributed by atoms with Gasteiger partial charge in [-0.1, -0.05) is 20.3 Å². The summed E-state index contributed by atoms with van der Waals surface area (Å²) in [4.78, 5) is 0. The van der Waals surface area contributed by atoms with E-state index in [-0.39, 0.29) is 6.04 Å². The summed E-state index contributed by atoms with van der Waals surface area (Å²) in [6, 6.07) is 2.03. The summed E-state index contributed by atoms with van der Waals surface area (Å²) < 4.78 is 0. The van der Waals surface area contributed by atoms with Crippen molar-refractivity contribution in [2.45, 2.75) is 32.7 Å². The molecule has 72 valence electrons. The van der Waals surface area contributed by atoms with Crippen molar-refractivity contribution in [3.63, 3.8) is 0 Å². The average molecular weight is 179 g/mol. The van der Waals surface area contributed by atoms with E-state index in [1.54, 1.807) is 12.4 Å². The summed E-state index contributed by atoms with van der Waals surface area (Å²) in [5.41, 5.74) is 7.14. The van der Waals surface area contributed by atoms with Crippen molar-refractivity contribution in [1.29, 1.82) is 0 Å². The Morgan fingerprint density at radius 1 is 1.46 bits per heavy atom. The molecule has 2 N–H and O–H groups in total.